The third kappa shape index (κ3) is 4.47. The van der Waals surface area contributed by atoms with Crippen LogP contribution in [-0.2, 0) is 17.9 Å². The summed E-state index contributed by atoms with van der Waals surface area (Å²) in [5.41, 5.74) is 1.19. The highest BCUT2D eigenvalue weighted by Gasteiger charge is 2.33. The van der Waals surface area contributed by atoms with Crippen molar-refractivity contribution in [3.63, 3.8) is 0 Å². The summed E-state index contributed by atoms with van der Waals surface area (Å²) in [5, 5.41) is 9.41. The van der Waals surface area contributed by atoms with Gasteiger partial charge in [0.15, 0.2) is 0 Å². The van der Waals surface area contributed by atoms with Gasteiger partial charge in [-0.3, -0.25) is 4.79 Å². The van der Waals surface area contributed by atoms with Crippen LogP contribution in [0, 0.1) is 5.92 Å². The zero-order chi connectivity index (χ0) is 17.9. The summed E-state index contributed by atoms with van der Waals surface area (Å²) in [7, 11) is 0. The fourth-order valence-corrected chi connectivity index (χ4v) is 2.57. The second-order valence-corrected chi connectivity index (χ2v) is 6.04. The number of benzene rings is 1. The molecule has 0 fully saturated rings. The number of hydrogen-bond acceptors (Lipinski definition) is 3. The van der Waals surface area contributed by atoms with Gasteiger partial charge in [0, 0.05) is 6.54 Å². The number of aliphatic hydroxyl groups excluding tert-OH is 1. The molecule has 5 nitrogen and oxygen atoms in total. The first-order valence-corrected chi connectivity index (χ1v) is 7.60. The number of rotatable bonds is 6. The number of hydrogen-bond donors (Lipinski definition) is 1. The Labute approximate surface area is 137 Å². The van der Waals surface area contributed by atoms with Gasteiger partial charge in [-0.2, -0.15) is 13.2 Å². The second kappa shape index (κ2) is 7.21. The van der Waals surface area contributed by atoms with Crippen molar-refractivity contribution in [2.45, 2.75) is 33.2 Å². The third-order valence-corrected chi connectivity index (χ3v) is 3.48. The average molecular weight is 343 g/mol. The van der Waals surface area contributed by atoms with Gasteiger partial charge in [0.05, 0.1) is 11.0 Å². The van der Waals surface area contributed by atoms with E-state index in [0.717, 1.165) is 4.90 Å². The molecule has 24 heavy (non-hydrogen) atoms. The van der Waals surface area contributed by atoms with E-state index in [0.29, 0.717) is 11.0 Å². The fraction of sp³-hybridized carbons (Fsp3) is 0.500. The number of para-hydroxylation sites is 2. The molecule has 0 saturated carbocycles. The summed E-state index contributed by atoms with van der Waals surface area (Å²) < 4.78 is 39.7. The summed E-state index contributed by atoms with van der Waals surface area (Å²) in [6.07, 6.45) is -4.46. The molecule has 0 aliphatic carbocycles. The number of imidazole rings is 1. The van der Waals surface area contributed by atoms with Gasteiger partial charge in [-0.25, -0.2) is 4.98 Å². The van der Waals surface area contributed by atoms with Crippen molar-refractivity contribution in [1.29, 1.82) is 0 Å². The molecule has 8 heteroatoms. The highest BCUT2D eigenvalue weighted by molar-refractivity contribution is 5.81. The smallest absolute Gasteiger partial charge is 0.388 e. The van der Waals surface area contributed by atoms with Gasteiger partial charge in [-0.1, -0.05) is 26.0 Å². The van der Waals surface area contributed by atoms with Crippen molar-refractivity contribution in [1.82, 2.24) is 14.5 Å². The number of carbonyl (C=O) groups is 1. The molecular weight excluding hydrogens is 323 g/mol. The summed E-state index contributed by atoms with van der Waals surface area (Å²) in [5.74, 6) is -0.493. The van der Waals surface area contributed by atoms with Crippen LogP contribution in [0.4, 0.5) is 13.2 Å². The van der Waals surface area contributed by atoms with Crippen molar-refractivity contribution >= 4 is 16.9 Å². The number of carbonyl (C=O) groups excluding carboxylic acids is 1. The van der Waals surface area contributed by atoms with Crippen LogP contribution in [0.1, 0.15) is 19.7 Å². The van der Waals surface area contributed by atoms with E-state index in [9.17, 15) is 23.1 Å². The number of fused-ring (bicyclic) bond motifs is 1. The number of amides is 1. The van der Waals surface area contributed by atoms with E-state index in [-0.39, 0.29) is 24.8 Å². The minimum Gasteiger partial charge on any atom is -0.388 e. The highest BCUT2D eigenvalue weighted by atomic mass is 19.4. The Morgan fingerprint density at radius 1 is 1.33 bits per heavy atom. The highest BCUT2D eigenvalue weighted by Crippen LogP contribution is 2.20. The maximum absolute atomic E-state index is 12.7. The minimum atomic E-state index is -4.46. The van der Waals surface area contributed by atoms with Crippen LogP contribution in [-0.4, -0.2) is 44.7 Å². The van der Waals surface area contributed by atoms with Crippen LogP contribution >= 0.6 is 0 Å². The van der Waals surface area contributed by atoms with Gasteiger partial charge in [0.1, 0.15) is 25.5 Å². The predicted molar refractivity (Wildman–Crippen MR) is 83.1 cm³/mol. The zero-order valence-corrected chi connectivity index (χ0v) is 13.5. The molecule has 0 atom stereocenters. The Bertz CT molecular complexity index is 710. The molecule has 2 aromatic rings. The first-order valence-electron chi connectivity index (χ1n) is 7.60. The third-order valence-electron chi connectivity index (χ3n) is 3.48. The van der Waals surface area contributed by atoms with E-state index < -0.39 is 25.2 Å². The lowest BCUT2D eigenvalue weighted by Gasteiger charge is -2.26. The summed E-state index contributed by atoms with van der Waals surface area (Å²) in [6, 6.07) is 6.94. The topological polar surface area (TPSA) is 58.4 Å². The molecule has 1 N–H and O–H groups in total. The van der Waals surface area contributed by atoms with E-state index >= 15 is 0 Å². The average Bonchev–Trinajstić information content (AvgIpc) is 2.83. The van der Waals surface area contributed by atoms with Crippen LogP contribution in [0.5, 0.6) is 0 Å². The molecule has 1 aromatic carbocycles. The molecule has 1 heterocycles. The lowest BCUT2D eigenvalue weighted by molar-refractivity contribution is -0.162. The van der Waals surface area contributed by atoms with Gasteiger partial charge in [-0.15, -0.1) is 0 Å². The van der Waals surface area contributed by atoms with E-state index in [2.05, 4.69) is 4.98 Å². The zero-order valence-electron chi connectivity index (χ0n) is 13.5. The van der Waals surface area contributed by atoms with Crippen LogP contribution in [0.3, 0.4) is 0 Å². The van der Waals surface area contributed by atoms with Gasteiger partial charge in [0.2, 0.25) is 5.91 Å². The Morgan fingerprint density at radius 3 is 2.58 bits per heavy atom. The lowest BCUT2D eigenvalue weighted by atomic mass is 10.2. The van der Waals surface area contributed by atoms with Crippen LogP contribution in [0.15, 0.2) is 24.3 Å². The molecule has 2 rings (SSSR count). The molecule has 1 amide bonds. The van der Waals surface area contributed by atoms with Gasteiger partial charge in [0.25, 0.3) is 0 Å². The number of aromatic nitrogens is 2. The van der Waals surface area contributed by atoms with Crippen LogP contribution < -0.4 is 0 Å². The maximum atomic E-state index is 12.7. The standard InChI is InChI=1S/C16H20F3N3O2/c1-11(2)7-21(10-16(17,18)19)15(24)8-22-13-6-4-3-5-12(13)20-14(22)9-23/h3-6,11,23H,7-10H2,1-2H3. The normalized spacial score (nSPS) is 12.1. The maximum Gasteiger partial charge on any atom is 0.406 e. The lowest BCUT2D eigenvalue weighted by Crippen LogP contribution is -2.42. The fourth-order valence-electron chi connectivity index (χ4n) is 2.57. The van der Waals surface area contributed by atoms with Gasteiger partial charge >= 0.3 is 6.18 Å². The van der Waals surface area contributed by atoms with Gasteiger partial charge < -0.3 is 14.6 Å². The summed E-state index contributed by atoms with van der Waals surface area (Å²) in [4.78, 5) is 17.4. The Kier molecular flexibility index (Phi) is 5.48. The molecule has 0 spiro atoms. The van der Waals surface area contributed by atoms with E-state index in [1.165, 1.54) is 4.57 Å². The van der Waals surface area contributed by atoms with E-state index in [1.54, 1.807) is 38.1 Å². The van der Waals surface area contributed by atoms with Gasteiger partial charge in [-0.05, 0) is 18.1 Å². The Hall–Kier alpha value is -2.09. The number of aliphatic hydroxyl groups is 1. The molecule has 132 valence electrons. The largest absolute Gasteiger partial charge is 0.406 e. The van der Waals surface area contributed by atoms with E-state index in [1.807, 2.05) is 0 Å². The molecule has 0 aliphatic rings. The molecule has 0 aliphatic heterocycles. The molecule has 0 saturated heterocycles. The van der Waals surface area contributed by atoms with Crippen molar-refractivity contribution in [2.24, 2.45) is 5.92 Å². The molecular formula is C16H20F3N3O2. The molecule has 0 bridgehead atoms. The molecule has 0 unspecified atom stereocenters. The van der Waals surface area contributed by atoms with Crippen molar-refractivity contribution in [3.05, 3.63) is 30.1 Å². The SMILES string of the molecule is CC(C)CN(CC(F)(F)F)C(=O)Cn1c(CO)nc2ccccc21. The predicted octanol–water partition coefficient (Wildman–Crippen LogP) is 2.58. The number of nitrogens with zero attached hydrogens (tertiary/aromatic N) is 3. The van der Waals surface area contributed by atoms with Crippen LogP contribution in [0.25, 0.3) is 11.0 Å². The molecule has 0 radical (unpaired) electrons. The monoisotopic (exact) mass is 343 g/mol. The summed E-state index contributed by atoms with van der Waals surface area (Å²) >= 11 is 0. The van der Waals surface area contributed by atoms with Crippen molar-refractivity contribution in [2.75, 3.05) is 13.1 Å². The van der Waals surface area contributed by atoms with Crippen molar-refractivity contribution in [3.8, 4) is 0 Å². The Morgan fingerprint density at radius 2 is 2.00 bits per heavy atom. The number of halogens is 3. The first-order chi connectivity index (χ1) is 11.2. The first kappa shape index (κ1) is 18.3. The second-order valence-electron chi connectivity index (χ2n) is 6.04. The minimum absolute atomic E-state index is 0.0133. The quantitative estimate of drug-likeness (QED) is 0.877. The van der Waals surface area contributed by atoms with E-state index in [4.69, 9.17) is 0 Å². The number of alkyl halides is 3. The van der Waals surface area contributed by atoms with Crippen LogP contribution in [0.2, 0.25) is 0 Å². The molecule has 1 aromatic heterocycles. The summed E-state index contributed by atoms with van der Waals surface area (Å²) in [6.45, 7) is 1.54. The van der Waals surface area contributed by atoms with Crippen molar-refractivity contribution < 1.29 is 23.1 Å². The Balaban J connectivity index is 2.28.